The van der Waals surface area contributed by atoms with E-state index in [-0.39, 0.29) is 60.7 Å². The summed E-state index contributed by atoms with van der Waals surface area (Å²) in [5.41, 5.74) is 1.31. The Hall–Kier alpha value is -5.17. The standard InChI is InChI=1S/C19H22O9.2C14H16O4/c20-19(28-10-15-7-25-15)18-16(26-8-13-5-23-13)1-11(21-3-12-4-22-12)2-17(18)27-9-14-6-24-14;15-14(18-7-10-1-2-10)11-3-5-12(6-4-11)16-8-13-9-17-13;15-14(18-7-10-5-6-10)12-3-1-2-4-13(12)17-9-11-8-16-11/h1-2,12-15H,3-10H2;3-6,10,13H,1-2,7-9H2;1-4,10-11H,5-9H2. The van der Waals surface area contributed by atoms with Gasteiger partial charge in [-0.3, -0.25) is 0 Å². The summed E-state index contributed by atoms with van der Waals surface area (Å²) in [6.45, 7) is 7.58. The largest absolute Gasteiger partial charge is 0.491 e. The summed E-state index contributed by atoms with van der Waals surface area (Å²) >= 11 is 0. The van der Waals surface area contributed by atoms with E-state index >= 15 is 0 Å². The van der Waals surface area contributed by atoms with Crippen molar-refractivity contribution >= 4 is 17.9 Å². The highest BCUT2D eigenvalue weighted by Gasteiger charge is 2.32. The fourth-order valence-corrected chi connectivity index (χ4v) is 5.80. The maximum absolute atomic E-state index is 12.8. The maximum Gasteiger partial charge on any atom is 0.345 e. The number of esters is 3. The molecule has 0 radical (unpaired) electrons. The zero-order valence-corrected chi connectivity index (χ0v) is 35.6. The molecule has 0 bridgehead atoms. The molecule has 6 saturated heterocycles. The summed E-state index contributed by atoms with van der Waals surface area (Å²) in [6, 6.07) is 17.6. The lowest BCUT2D eigenvalue weighted by molar-refractivity contribution is 0.0461. The van der Waals surface area contributed by atoms with Gasteiger partial charge in [0.15, 0.2) is 0 Å². The minimum absolute atomic E-state index is 0.0291. The zero-order valence-electron chi connectivity index (χ0n) is 35.6. The Morgan fingerprint density at radius 1 is 0.422 bits per heavy atom. The molecule has 6 heterocycles. The van der Waals surface area contributed by atoms with Crippen LogP contribution in [0.1, 0.15) is 56.8 Å². The summed E-state index contributed by atoms with van der Waals surface area (Å²) in [6.07, 6.45) is 5.29. The molecule has 6 unspecified atom stereocenters. The van der Waals surface area contributed by atoms with Crippen molar-refractivity contribution in [1.82, 2.24) is 0 Å². The van der Waals surface area contributed by atoms with Crippen LogP contribution in [0.25, 0.3) is 0 Å². The lowest BCUT2D eigenvalue weighted by Gasteiger charge is -2.17. The van der Waals surface area contributed by atoms with Gasteiger partial charge in [-0.25, -0.2) is 14.4 Å². The summed E-state index contributed by atoms with van der Waals surface area (Å²) in [7, 11) is 0. The molecule has 6 aliphatic heterocycles. The van der Waals surface area contributed by atoms with Crippen LogP contribution in [0.2, 0.25) is 0 Å². The smallest absolute Gasteiger partial charge is 0.345 e. The van der Waals surface area contributed by atoms with Gasteiger partial charge in [0.1, 0.15) is 116 Å². The summed E-state index contributed by atoms with van der Waals surface area (Å²) in [5, 5.41) is 0. The van der Waals surface area contributed by atoms with Gasteiger partial charge in [-0.15, -0.1) is 0 Å². The molecule has 8 aliphatic rings. The van der Waals surface area contributed by atoms with Gasteiger partial charge in [-0.05, 0) is 73.9 Å². The number of benzene rings is 3. The summed E-state index contributed by atoms with van der Waals surface area (Å²) in [4.78, 5) is 36.4. The van der Waals surface area contributed by atoms with Gasteiger partial charge >= 0.3 is 17.9 Å². The molecule has 17 heteroatoms. The molecule has 64 heavy (non-hydrogen) atoms. The molecule has 0 amide bonds. The number of carbonyl (C=O) groups excluding carboxylic acids is 3. The molecular formula is C47H54O17. The molecule has 3 aromatic carbocycles. The monoisotopic (exact) mass is 890 g/mol. The first-order valence-electron chi connectivity index (χ1n) is 22.1. The molecule has 17 nitrogen and oxygen atoms in total. The van der Waals surface area contributed by atoms with E-state index in [2.05, 4.69) is 0 Å². The van der Waals surface area contributed by atoms with Crippen LogP contribution in [0.15, 0.2) is 60.7 Å². The van der Waals surface area contributed by atoms with Crippen LogP contribution in [-0.2, 0) is 42.6 Å². The zero-order chi connectivity index (χ0) is 43.7. The Kier molecular flexibility index (Phi) is 14.6. The van der Waals surface area contributed by atoms with Gasteiger partial charge in [0.25, 0.3) is 0 Å². The van der Waals surface area contributed by atoms with E-state index in [1.807, 2.05) is 12.1 Å². The first-order valence-corrected chi connectivity index (χ1v) is 22.1. The highest BCUT2D eigenvalue weighted by atomic mass is 16.6. The van der Waals surface area contributed by atoms with Crippen LogP contribution in [0, 0.1) is 11.8 Å². The van der Waals surface area contributed by atoms with E-state index in [1.54, 1.807) is 48.5 Å². The third kappa shape index (κ3) is 15.2. The fourth-order valence-electron chi connectivity index (χ4n) is 5.80. The first kappa shape index (κ1) is 44.1. The van der Waals surface area contributed by atoms with Gasteiger partial charge in [-0.1, -0.05) is 12.1 Å². The van der Waals surface area contributed by atoms with E-state index in [1.165, 1.54) is 25.7 Å². The molecule has 3 aromatic rings. The van der Waals surface area contributed by atoms with Gasteiger partial charge in [-0.2, -0.15) is 0 Å². The molecule has 8 fully saturated rings. The van der Waals surface area contributed by atoms with Crippen LogP contribution < -0.4 is 23.7 Å². The van der Waals surface area contributed by atoms with E-state index in [0.29, 0.717) is 119 Å². The predicted octanol–water partition coefficient (Wildman–Crippen LogP) is 4.64. The third-order valence-electron chi connectivity index (χ3n) is 10.7. The average Bonchev–Trinajstić information content (AvgIpc) is 4.15. The Balaban J connectivity index is 0.000000127. The molecule has 0 aromatic heterocycles. The van der Waals surface area contributed by atoms with Crippen LogP contribution in [0.5, 0.6) is 28.7 Å². The van der Waals surface area contributed by atoms with Crippen LogP contribution in [-0.4, -0.2) is 147 Å². The quantitative estimate of drug-likeness (QED) is 0.0684. The highest BCUT2D eigenvalue weighted by Crippen LogP contribution is 2.37. The van der Waals surface area contributed by atoms with Crippen molar-refractivity contribution in [2.24, 2.45) is 11.8 Å². The van der Waals surface area contributed by atoms with E-state index in [0.717, 1.165) is 19.0 Å². The van der Waals surface area contributed by atoms with Crippen molar-refractivity contribution in [3.63, 3.8) is 0 Å². The Bertz CT molecular complexity index is 1990. The fraction of sp³-hybridized carbons (Fsp3) is 0.553. The minimum atomic E-state index is -0.522. The van der Waals surface area contributed by atoms with Crippen molar-refractivity contribution < 1.29 is 80.7 Å². The van der Waals surface area contributed by atoms with Crippen molar-refractivity contribution in [2.45, 2.75) is 62.3 Å². The van der Waals surface area contributed by atoms with Gasteiger partial charge in [0.05, 0.1) is 58.4 Å². The van der Waals surface area contributed by atoms with E-state index < -0.39 is 5.97 Å². The number of rotatable bonds is 24. The molecule has 0 N–H and O–H groups in total. The molecular weight excluding hydrogens is 836 g/mol. The Morgan fingerprint density at radius 2 is 0.828 bits per heavy atom. The average molecular weight is 891 g/mol. The first-order chi connectivity index (χ1) is 31.4. The van der Waals surface area contributed by atoms with Crippen molar-refractivity contribution in [3.8, 4) is 28.7 Å². The van der Waals surface area contributed by atoms with Crippen molar-refractivity contribution in [1.29, 1.82) is 0 Å². The number of hydrogen-bond acceptors (Lipinski definition) is 17. The second-order valence-electron chi connectivity index (χ2n) is 16.8. The molecule has 6 atom stereocenters. The molecule has 11 rings (SSSR count). The topological polar surface area (TPSA) is 200 Å². The third-order valence-corrected chi connectivity index (χ3v) is 10.7. The SMILES string of the molecule is O=C(OCC1CC1)c1ccc(OCC2CO2)cc1.O=C(OCC1CC1)c1ccccc1OCC1CO1.O=C(OCC1CO1)c1c(OCC2CO2)cc(OCC2CO2)cc1OCC1CO1. The lowest BCUT2D eigenvalue weighted by Crippen LogP contribution is -2.16. The number of carbonyl (C=O) groups is 3. The number of ether oxygens (including phenoxy) is 14. The predicted molar refractivity (Wildman–Crippen MR) is 222 cm³/mol. The second kappa shape index (κ2) is 21.2. The Morgan fingerprint density at radius 3 is 1.31 bits per heavy atom. The molecule has 2 aliphatic carbocycles. The Labute approximate surface area is 370 Å². The minimum Gasteiger partial charge on any atom is -0.491 e. The van der Waals surface area contributed by atoms with E-state index in [4.69, 9.17) is 66.3 Å². The van der Waals surface area contributed by atoms with Crippen molar-refractivity contribution in [2.75, 3.05) is 92.5 Å². The molecule has 344 valence electrons. The molecule has 0 spiro atoms. The normalized spacial score (nSPS) is 24.8. The lowest BCUT2D eigenvalue weighted by atomic mass is 10.1. The summed E-state index contributed by atoms with van der Waals surface area (Å²) < 4.78 is 75.2. The van der Waals surface area contributed by atoms with Gasteiger partial charge in [0.2, 0.25) is 0 Å². The molecule has 2 saturated carbocycles. The van der Waals surface area contributed by atoms with Gasteiger partial charge in [0, 0.05) is 12.1 Å². The van der Waals surface area contributed by atoms with Crippen LogP contribution >= 0.6 is 0 Å². The van der Waals surface area contributed by atoms with Crippen LogP contribution in [0.3, 0.4) is 0 Å². The van der Waals surface area contributed by atoms with Gasteiger partial charge < -0.3 is 66.3 Å². The summed E-state index contributed by atoms with van der Waals surface area (Å²) in [5.74, 6) is 2.65. The highest BCUT2D eigenvalue weighted by molar-refractivity contribution is 5.96. The van der Waals surface area contributed by atoms with E-state index in [9.17, 15) is 14.4 Å². The van der Waals surface area contributed by atoms with Crippen LogP contribution in [0.4, 0.5) is 0 Å². The number of hydrogen-bond donors (Lipinski definition) is 0. The van der Waals surface area contributed by atoms with Crippen molar-refractivity contribution in [3.05, 3.63) is 77.4 Å². The number of para-hydroxylation sites is 1. The maximum atomic E-state index is 12.8. The number of epoxide rings is 6. The second-order valence-corrected chi connectivity index (χ2v) is 16.8.